The summed E-state index contributed by atoms with van der Waals surface area (Å²) >= 11 is 0. The molecule has 0 radical (unpaired) electrons. The fraction of sp³-hybridized carbons (Fsp3) is 0.882. The second-order valence-corrected chi connectivity index (χ2v) is 7.69. The summed E-state index contributed by atoms with van der Waals surface area (Å²) in [7, 11) is 0. The van der Waals surface area contributed by atoms with Gasteiger partial charge in [0.15, 0.2) is 0 Å². The van der Waals surface area contributed by atoms with Crippen molar-refractivity contribution >= 4 is 0 Å². The van der Waals surface area contributed by atoms with Crippen molar-refractivity contribution in [3.63, 3.8) is 0 Å². The Morgan fingerprint density at radius 2 is 1.70 bits per heavy atom. The molecule has 2 rings (SSSR count). The Hall–Kier alpha value is -0.380. The van der Waals surface area contributed by atoms with Gasteiger partial charge in [-0.05, 0) is 59.8 Å². The lowest BCUT2D eigenvalue weighted by atomic mass is 9.80. The van der Waals surface area contributed by atoms with Gasteiger partial charge in [-0.25, -0.2) is 0 Å². The molecule has 3 nitrogen and oxygen atoms in total. The van der Waals surface area contributed by atoms with E-state index in [2.05, 4.69) is 44.9 Å². The van der Waals surface area contributed by atoms with Crippen LogP contribution in [0.3, 0.4) is 0 Å². The van der Waals surface area contributed by atoms with Crippen LogP contribution >= 0.6 is 0 Å². The minimum atomic E-state index is -0.229. The van der Waals surface area contributed by atoms with E-state index in [9.17, 15) is 5.11 Å². The number of hydrogen-bond acceptors (Lipinski definition) is 3. The summed E-state index contributed by atoms with van der Waals surface area (Å²) in [6.45, 7) is 8.68. The van der Waals surface area contributed by atoms with Crippen LogP contribution in [-0.2, 0) is 4.84 Å². The number of hydroxylamine groups is 2. The Kier molecular flexibility index (Phi) is 4.93. The van der Waals surface area contributed by atoms with Crippen molar-refractivity contribution in [1.82, 2.24) is 5.06 Å². The average molecular weight is 281 g/mol. The number of piperidine rings is 1. The third-order valence-electron chi connectivity index (χ3n) is 4.52. The van der Waals surface area contributed by atoms with E-state index in [1.807, 2.05) is 0 Å². The highest BCUT2D eigenvalue weighted by molar-refractivity contribution is 4.98. The molecule has 1 aliphatic heterocycles. The maximum Gasteiger partial charge on any atom is 0.0974 e. The molecule has 0 aromatic carbocycles. The smallest absolute Gasteiger partial charge is 0.0974 e. The first kappa shape index (κ1) is 16.0. The molecule has 1 atom stereocenters. The normalized spacial score (nSPS) is 33.4. The van der Waals surface area contributed by atoms with Crippen molar-refractivity contribution in [2.24, 2.45) is 0 Å². The standard InChI is InChI=1S/C17H31NO2/c1-16(2)12-14(19)13-17(3,4)18(16)20-15-10-8-6-5-7-9-11-15/h8,10,14-15,19H,5-7,9,11-13H2,1-4H3/b10-8-. The predicted octanol–water partition coefficient (Wildman–Crippen LogP) is 3.82. The number of allylic oxidation sites excluding steroid dienone is 1. The van der Waals surface area contributed by atoms with Crippen LogP contribution in [0.4, 0.5) is 0 Å². The van der Waals surface area contributed by atoms with Crippen molar-refractivity contribution in [2.75, 3.05) is 0 Å². The quantitative estimate of drug-likeness (QED) is 0.781. The van der Waals surface area contributed by atoms with E-state index in [0.29, 0.717) is 0 Å². The Morgan fingerprint density at radius 1 is 1.05 bits per heavy atom. The fourth-order valence-electron chi connectivity index (χ4n) is 3.85. The number of hydrogen-bond donors (Lipinski definition) is 1. The predicted molar refractivity (Wildman–Crippen MR) is 82.3 cm³/mol. The van der Waals surface area contributed by atoms with E-state index < -0.39 is 0 Å². The van der Waals surface area contributed by atoms with Gasteiger partial charge in [-0.15, -0.1) is 0 Å². The van der Waals surface area contributed by atoms with Gasteiger partial charge in [0.2, 0.25) is 0 Å². The molecule has 1 fully saturated rings. The van der Waals surface area contributed by atoms with Gasteiger partial charge in [0.05, 0.1) is 12.2 Å². The minimum Gasteiger partial charge on any atom is -0.393 e. The van der Waals surface area contributed by atoms with Crippen LogP contribution in [0.1, 0.15) is 72.6 Å². The summed E-state index contributed by atoms with van der Waals surface area (Å²) in [5.41, 5.74) is -0.255. The summed E-state index contributed by atoms with van der Waals surface area (Å²) in [5.74, 6) is 0. The highest BCUT2D eigenvalue weighted by atomic mass is 16.7. The van der Waals surface area contributed by atoms with Crippen molar-refractivity contribution < 1.29 is 9.94 Å². The third kappa shape index (κ3) is 3.84. The zero-order valence-electron chi connectivity index (χ0n) is 13.6. The number of nitrogens with zero attached hydrogens (tertiary/aromatic N) is 1. The minimum absolute atomic E-state index is 0.128. The summed E-state index contributed by atoms with van der Waals surface area (Å²) in [5, 5.41) is 12.2. The van der Waals surface area contributed by atoms with Crippen LogP contribution in [0.15, 0.2) is 12.2 Å². The SMILES string of the molecule is CC1(C)CC(O)CC(C)(C)N1OC1/C=C\CCCCC1. The van der Waals surface area contributed by atoms with E-state index in [0.717, 1.165) is 19.3 Å². The molecule has 0 aromatic rings. The lowest BCUT2D eigenvalue weighted by Crippen LogP contribution is -2.62. The summed E-state index contributed by atoms with van der Waals surface area (Å²) in [6.07, 6.45) is 12.1. The second-order valence-electron chi connectivity index (χ2n) is 7.69. The van der Waals surface area contributed by atoms with E-state index in [-0.39, 0.29) is 23.3 Å². The molecule has 3 heteroatoms. The number of aliphatic hydroxyl groups is 1. The molecule has 116 valence electrons. The van der Waals surface area contributed by atoms with Crippen LogP contribution in [0, 0.1) is 0 Å². The lowest BCUT2D eigenvalue weighted by Gasteiger charge is -2.53. The molecule has 1 heterocycles. The van der Waals surface area contributed by atoms with Crippen molar-refractivity contribution in [3.05, 3.63) is 12.2 Å². The van der Waals surface area contributed by atoms with Crippen molar-refractivity contribution in [3.8, 4) is 0 Å². The van der Waals surface area contributed by atoms with E-state index in [4.69, 9.17) is 4.84 Å². The maximum absolute atomic E-state index is 10.1. The molecular weight excluding hydrogens is 250 g/mol. The van der Waals surface area contributed by atoms with E-state index in [1.54, 1.807) is 0 Å². The van der Waals surface area contributed by atoms with Crippen LogP contribution in [0.5, 0.6) is 0 Å². The van der Waals surface area contributed by atoms with Crippen LogP contribution < -0.4 is 0 Å². The first-order valence-corrected chi connectivity index (χ1v) is 8.13. The van der Waals surface area contributed by atoms with Gasteiger partial charge in [0.25, 0.3) is 0 Å². The highest BCUT2D eigenvalue weighted by Gasteiger charge is 2.46. The Labute approximate surface area is 123 Å². The molecule has 1 unspecified atom stereocenters. The topological polar surface area (TPSA) is 32.7 Å². The van der Waals surface area contributed by atoms with Crippen LogP contribution in [0.2, 0.25) is 0 Å². The van der Waals surface area contributed by atoms with Crippen LogP contribution in [-0.4, -0.2) is 33.5 Å². The van der Waals surface area contributed by atoms with Gasteiger partial charge in [-0.2, -0.15) is 5.06 Å². The van der Waals surface area contributed by atoms with Crippen LogP contribution in [0.25, 0.3) is 0 Å². The van der Waals surface area contributed by atoms with Gasteiger partial charge in [-0.3, -0.25) is 4.84 Å². The van der Waals surface area contributed by atoms with E-state index in [1.165, 1.54) is 25.7 Å². The van der Waals surface area contributed by atoms with Crippen molar-refractivity contribution in [2.45, 2.75) is 95.9 Å². The summed E-state index contributed by atoms with van der Waals surface area (Å²) in [6, 6.07) is 0. The number of aliphatic hydroxyl groups excluding tert-OH is 1. The molecule has 2 aliphatic rings. The molecule has 1 saturated heterocycles. The second kappa shape index (κ2) is 6.17. The summed E-state index contributed by atoms with van der Waals surface area (Å²) in [4.78, 5) is 6.38. The van der Waals surface area contributed by atoms with Gasteiger partial charge in [0.1, 0.15) is 0 Å². The van der Waals surface area contributed by atoms with E-state index >= 15 is 0 Å². The molecule has 0 amide bonds. The van der Waals surface area contributed by atoms with Gasteiger partial charge >= 0.3 is 0 Å². The largest absolute Gasteiger partial charge is 0.393 e. The monoisotopic (exact) mass is 281 g/mol. The Morgan fingerprint density at radius 3 is 2.35 bits per heavy atom. The number of rotatable bonds is 2. The van der Waals surface area contributed by atoms with Gasteiger partial charge in [0, 0.05) is 11.1 Å². The zero-order chi connectivity index (χ0) is 14.8. The Bertz CT molecular complexity index is 331. The molecule has 20 heavy (non-hydrogen) atoms. The third-order valence-corrected chi connectivity index (χ3v) is 4.52. The molecular formula is C17H31NO2. The zero-order valence-corrected chi connectivity index (χ0v) is 13.6. The molecule has 1 N–H and O–H groups in total. The first-order valence-electron chi connectivity index (χ1n) is 8.13. The molecule has 0 saturated carbocycles. The first-order chi connectivity index (χ1) is 9.31. The van der Waals surface area contributed by atoms with Gasteiger partial charge < -0.3 is 5.11 Å². The molecule has 0 spiro atoms. The highest BCUT2D eigenvalue weighted by Crippen LogP contribution is 2.39. The Balaban J connectivity index is 2.10. The van der Waals surface area contributed by atoms with Gasteiger partial charge in [-0.1, -0.05) is 25.0 Å². The average Bonchev–Trinajstić information content (AvgIpc) is 2.23. The molecule has 0 bridgehead atoms. The summed E-state index contributed by atoms with van der Waals surface area (Å²) < 4.78 is 0. The fourth-order valence-corrected chi connectivity index (χ4v) is 3.85. The molecule has 1 aliphatic carbocycles. The lowest BCUT2D eigenvalue weighted by molar-refractivity contribution is -0.307. The van der Waals surface area contributed by atoms with Crippen molar-refractivity contribution in [1.29, 1.82) is 0 Å². The maximum atomic E-state index is 10.1. The molecule has 0 aromatic heterocycles.